The maximum Gasteiger partial charge on any atom is 0.264 e. The van der Waals surface area contributed by atoms with Crippen molar-refractivity contribution in [1.29, 1.82) is 0 Å². The highest BCUT2D eigenvalue weighted by molar-refractivity contribution is 7.92. The highest BCUT2D eigenvalue weighted by atomic mass is 32.2. The highest BCUT2D eigenvalue weighted by Gasteiger charge is 2.35. The molecule has 0 spiro atoms. The minimum atomic E-state index is -4.17. The summed E-state index contributed by atoms with van der Waals surface area (Å²) in [6.45, 7) is 9.03. The number of carbonyl (C=O) groups is 2. The van der Waals surface area contributed by atoms with Crippen LogP contribution in [0.3, 0.4) is 0 Å². The van der Waals surface area contributed by atoms with Gasteiger partial charge in [0.1, 0.15) is 18.3 Å². The summed E-state index contributed by atoms with van der Waals surface area (Å²) in [7, 11) is -2.72. The first-order valence-electron chi connectivity index (χ1n) is 13.2. The molecule has 40 heavy (non-hydrogen) atoms. The van der Waals surface area contributed by atoms with Crippen LogP contribution in [0.1, 0.15) is 45.2 Å². The highest BCUT2D eigenvalue weighted by Crippen LogP contribution is 2.32. The Kier molecular flexibility index (Phi) is 9.98. The van der Waals surface area contributed by atoms with Crippen LogP contribution >= 0.6 is 0 Å². The van der Waals surface area contributed by atoms with E-state index in [0.717, 1.165) is 15.4 Å². The molecule has 1 N–H and O–H groups in total. The third kappa shape index (κ3) is 7.63. The molecule has 1 unspecified atom stereocenters. The second-order valence-electron chi connectivity index (χ2n) is 10.7. The molecule has 0 radical (unpaired) electrons. The van der Waals surface area contributed by atoms with Crippen LogP contribution < -0.4 is 14.4 Å². The van der Waals surface area contributed by atoms with E-state index >= 15 is 0 Å². The number of aryl methyl sites for hydroxylation is 1. The zero-order chi connectivity index (χ0) is 29.5. The van der Waals surface area contributed by atoms with Crippen molar-refractivity contribution in [2.75, 3.05) is 18.0 Å². The molecule has 0 aromatic heterocycles. The number of anilines is 1. The van der Waals surface area contributed by atoms with E-state index in [1.165, 1.54) is 24.1 Å². The Morgan fingerprint density at radius 2 is 1.60 bits per heavy atom. The van der Waals surface area contributed by atoms with E-state index in [2.05, 4.69) is 5.32 Å². The number of ether oxygens (including phenoxy) is 1. The van der Waals surface area contributed by atoms with Crippen molar-refractivity contribution in [2.24, 2.45) is 0 Å². The fourth-order valence-electron chi connectivity index (χ4n) is 4.45. The molecule has 0 heterocycles. The van der Waals surface area contributed by atoms with Gasteiger partial charge in [-0.15, -0.1) is 0 Å². The molecule has 0 bridgehead atoms. The number of hydrogen-bond donors (Lipinski definition) is 1. The molecule has 0 saturated heterocycles. The molecule has 0 aliphatic heterocycles. The van der Waals surface area contributed by atoms with E-state index in [1.54, 1.807) is 42.5 Å². The van der Waals surface area contributed by atoms with Gasteiger partial charge in [-0.25, -0.2) is 8.42 Å². The van der Waals surface area contributed by atoms with Gasteiger partial charge in [-0.05, 0) is 63.9 Å². The van der Waals surface area contributed by atoms with Gasteiger partial charge in [-0.2, -0.15) is 0 Å². The second kappa shape index (κ2) is 13.0. The van der Waals surface area contributed by atoms with Crippen LogP contribution in [0.15, 0.2) is 83.8 Å². The number of amides is 2. The smallest absolute Gasteiger partial charge is 0.264 e. The summed E-state index contributed by atoms with van der Waals surface area (Å²) in [5, 5.41) is 2.98. The van der Waals surface area contributed by atoms with Crippen LogP contribution in [-0.2, 0) is 26.2 Å². The Bertz CT molecular complexity index is 1420. The number of nitrogens with one attached hydrogen (secondary N) is 1. The number of carbonyl (C=O) groups excluding carboxylic acids is 2. The summed E-state index contributed by atoms with van der Waals surface area (Å²) < 4.78 is 34.4. The van der Waals surface area contributed by atoms with E-state index in [1.807, 2.05) is 58.9 Å². The summed E-state index contributed by atoms with van der Waals surface area (Å²) in [5.74, 6) is -0.508. The number of rotatable bonds is 11. The number of nitrogens with zero attached hydrogens (tertiary/aromatic N) is 2. The van der Waals surface area contributed by atoms with Crippen LogP contribution in [0, 0.1) is 6.92 Å². The number of benzene rings is 3. The lowest BCUT2D eigenvalue weighted by molar-refractivity contribution is -0.141. The number of hydrogen-bond acceptors (Lipinski definition) is 5. The molecule has 9 heteroatoms. The van der Waals surface area contributed by atoms with Gasteiger partial charge >= 0.3 is 0 Å². The van der Waals surface area contributed by atoms with E-state index in [0.29, 0.717) is 12.2 Å². The fraction of sp³-hybridized carbons (Fsp3) is 0.355. The molecule has 0 aliphatic carbocycles. The standard InChI is InChI=1S/C31H39N3O5S/c1-7-26(30(36)32-31(3,4)5)33(21-24-15-13-14-23(2)20-24)29(35)22-34(27-18-11-12-19-28(27)39-6)40(37,38)25-16-9-8-10-17-25/h8-20,26H,7,21-22H2,1-6H3,(H,32,36). The Morgan fingerprint density at radius 3 is 2.20 bits per heavy atom. The summed E-state index contributed by atoms with van der Waals surface area (Å²) in [5.41, 5.74) is 1.57. The van der Waals surface area contributed by atoms with Crippen molar-refractivity contribution in [3.63, 3.8) is 0 Å². The van der Waals surface area contributed by atoms with Gasteiger partial charge in [0.25, 0.3) is 10.0 Å². The predicted molar refractivity (Wildman–Crippen MR) is 158 cm³/mol. The molecule has 0 aliphatic rings. The third-order valence-electron chi connectivity index (χ3n) is 6.28. The molecular formula is C31H39N3O5S. The number of methoxy groups -OCH3 is 1. The van der Waals surface area contributed by atoms with Crippen molar-refractivity contribution in [3.05, 3.63) is 90.0 Å². The largest absolute Gasteiger partial charge is 0.495 e. The van der Waals surface area contributed by atoms with Crippen LogP contribution in [0.25, 0.3) is 0 Å². The summed E-state index contributed by atoms with van der Waals surface area (Å²) in [4.78, 5) is 29.1. The van der Waals surface area contributed by atoms with Gasteiger partial charge < -0.3 is 15.0 Å². The van der Waals surface area contributed by atoms with E-state index in [-0.39, 0.29) is 23.0 Å². The zero-order valence-electron chi connectivity index (χ0n) is 24.0. The van der Waals surface area contributed by atoms with Gasteiger partial charge in [-0.1, -0.05) is 67.1 Å². The Morgan fingerprint density at radius 1 is 0.950 bits per heavy atom. The Hall–Kier alpha value is -3.85. The van der Waals surface area contributed by atoms with Gasteiger partial charge in [0.05, 0.1) is 17.7 Å². The maximum atomic E-state index is 14.2. The van der Waals surface area contributed by atoms with Gasteiger partial charge in [0.2, 0.25) is 11.8 Å². The SMILES string of the molecule is CCC(C(=O)NC(C)(C)C)N(Cc1cccc(C)c1)C(=O)CN(c1ccccc1OC)S(=O)(=O)c1ccccc1. The minimum absolute atomic E-state index is 0.0384. The minimum Gasteiger partial charge on any atom is -0.495 e. The Balaban J connectivity index is 2.10. The third-order valence-corrected chi connectivity index (χ3v) is 8.06. The molecule has 0 fully saturated rings. The van der Waals surface area contributed by atoms with Crippen LogP contribution in [0.5, 0.6) is 5.75 Å². The quantitative estimate of drug-likeness (QED) is 0.356. The molecule has 214 valence electrons. The first-order chi connectivity index (χ1) is 18.9. The van der Waals surface area contributed by atoms with Crippen LogP contribution in [0.4, 0.5) is 5.69 Å². The van der Waals surface area contributed by atoms with E-state index < -0.39 is 34.1 Å². The van der Waals surface area contributed by atoms with E-state index in [9.17, 15) is 18.0 Å². The summed E-state index contributed by atoms with van der Waals surface area (Å²) >= 11 is 0. The molecular weight excluding hydrogens is 526 g/mol. The molecule has 3 aromatic carbocycles. The topological polar surface area (TPSA) is 96.0 Å². The molecule has 8 nitrogen and oxygen atoms in total. The lowest BCUT2D eigenvalue weighted by Gasteiger charge is -2.35. The van der Waals surface area contributed by atoms with Gasteiger partial charge in [0, 0.05) is 12.1 Å². The normalized spacial score (nSPS) is 12.3. The average Bonchev–Trinajstić information content (AvgIpc) is 2.91. The van der Waals surface area contributed by atoms with E-state index in [4.69, 9.17) is 4.74 Å². The molecule has 1 atom stereocenters. The monoisotopic (exact) mass is 565 g/mol. The zero-order valence-corrected chi connectivity index (χ0v) is 24.9. The maximum absolute atomic E-state index is 14.2. The summed E-state index contributed by atoms with van der Waals surface area (Å²) in [6, 6.07) is 21.5. The van der Waals surface area contributed by atoms with Crippen molar-refractivity contribution in [1.82, 2.24) is 10.2 Å². The van der Waals surface area contributed by atoms with Crippen molar-refractivity contribution < 1.29 is 22.7 Å². The first kappa shape index (κ1) is 30.7. The molecule has 3 rings (SSSR count). The molecule has 3 aromatic rings. The van der Waals surface area contributed by atoms with Gasteiger partial charge in [0.15, 0.2) is 0 Å². The second-order valence-corrected chi connectivity index (χ2v) is 12.5. The summed E-state index contributed by atoms with van der Waals surface area (Å²) in [6.07, 6.45) is 0.347. The van der Waals surface area contributed by atoms with Crippen molar-refractivity contribution in [3.8, 4) is 5.75 Å². The fourth-order valence-corrected chi connectivity index (χ4v) is 5.89. The molecule has 2 amide bonds. The van der Waals surface area contributed by atoms with Crippen molar-refractivity contribution in [2.45, 2.75) is 64.1 Å². The van der Waals surface area contributed by atoms with Crippen LogP contribution in [-0.4, -0.2) is 50.4 Å². The lowest BCUT2D eigenvalue weighted by Crippen LogP contribution is -2.55. The number of para-hydroxylation sites is 2. The first-order valence-corrected chi connectivity index (χ1v) is 14.7. The predicted octanol–water partition coefficient (Wildman–Crippen LogP) is 4.92. The Labute approximate surface area is 238 Å². The van der Waals surface area contributed by atoms with Crippen molar-refractivity contribution >= 4 is 27.5 Å². The number of sulfonamides is 1. The average molecular weight is 566 g/mol. The molecule has 0 saturated carbocycles. The van der Waals surface area contributed by atoms with Crippen LogP contribution in [0.2, 0.25) is 0 Å². The lowest BCUT2D eigenvalue weighted by atomic mass is 10.0. The van der Waals surface area contributed by atoms with Gasteiger partial charge in [-0.3, -0.25) is 13.9 Å².